The van der Waals surface area contributed by atoms with E-state index in [0.717, 1.165) is 25.1 Å². The lowest BCUT2D eigenvalue weighted by molar-refractivity contribution is -0.142. The maximum atomic E-state index is 11.0. The first-order valence-electron chi connectivity index (χ1n) is 6.89. The first-order chi connectivity index (χ1) is 9.71. The normalized spacial score (nSPS) is 20.9. The molecular weight excluding hydrogens is 258 g/mol. The van der Waals surface area contributed by atoms with Gasteiger partial charge in [-0.25, -0.2) is 4.79 Å². The third kappa shape index (κ3) is 4.13. The van der Waals surface area contributed by atoms with Gasteiger partial charge in [0.25, 0.3) is 0 Å². The van der Waals surface area contributed by atoms with Gasteiger partial charge in [-0.1, -0.05) is 0 Å². The van der Waals surface area contributed by atoms with E-state index in [0.29, 0.717) is 17.9 Å². The SMILES string of the molecule is CCOC1CC(Nc2ccc(OCC(=O)OC)cc2)C1. The van der Waals surface area contributed by atoms with Gasteiger partial charge in [0.05, 0.1) is 13.2 Å². The fourth-order valence-electron chi connectivity index (χ4n) is 2.14. The molecule has 0 saturated heterocycles. The van der Waals surface area contributed by atoms with E-state index in [9.17, 15) is 4.79 Å². The molecule has 1 aliphatic carbocycles. The van der Waals surface area contributed by atoms with E-state index in [4.69, 9.17) is 9.47 Å². The molecule has 5 heteroatoms. The van der Waals surface area contributed by atoms with E-state index in [2.05, 4.69) is 10.1 Å². The molecule has 0 atom stereocenters. The van der Waals surface area contributed by atoms with Crippen LogP contribution < -0.4 is 10.1 Å². The molecule has 1 aromatic rings. The fourth-order valence-corrected chi connectivity index (χ4v) is 2.14. The highest BCUT2D eigenvalue weighted by molar-refractivity contribution is 5.70. The highest BCUT2D eigenvalue weighted by Crippen LogP contribution is 2.27. The van der Waals surface area contributed by atoms with E-state index >= 15 is 0 Å². The van der Waals surface area contributed by atoms with Crippen molar-refractivity contribution in [3.05, 3.63) is 24.3 Å². The fraction of sp³-hybridized carbons (Fsp3) is 0.533. The minimum absolute atomic E-state index is 0.0675. The van der Waals surface area contributed by atoms with Gasteiger partial charge >= 0.3 is 5.97 Å². The third-order valence-electron chi connectivity index (χ3n) is 3.31. The minimum Gasteiger partial charge on any atom is -0.482 e. The maximum Gasteiger partial charge on any atom is 0.343 e. The Morgan fingerprint density at radius 3 is 2.60 bits per heavy atom. The predicted molar refractivity (Wildman–Crippen MR) is 76.0 cm³/mol. The van der Waals surface area contributed by atoms with E-state index in [1.54, 1.807) is 0 Å². The van der Waals surface area contributed by atoms with Gasteiger partial charge < -0.3 is 19.5 Å². The molecule has 2 rings (SSSR count). The molecule has 1 saturated carbocycles. The van der Waals surface area contributed by atoms with E-state index < -0.39 is 0 Å². The summed E-state index contributed by atoms with van der Waals surface area (Å²) in [6.07, 6.45) is 2.50. The number of hydrogen-bond acceptors (Lipinski definition) is 5. The van der Waals surface area contributed by atoms with E-state index in [1.165, 1.54) is 7.11 Å². The van der Waals surface area contributed by atoms with Gasteiger partial charge in [-0.2, -0.15) is 0 Å². The van der Waals surface area contributed by atoms with Gasteiger partial charge in [-0.3, -0.25) is 0 Å². The standard InChI is InChI=1S/C15H21NO4/c1-3-19-14-8-12(9-14)16-11-4-6-13(7-5-11)20-10-15(17)18-2/h4-7,12,14,16H,3,8-10H2,1-2H3. The van der Waals surface area contributed by atoms with Crippen molar-refractivity contribution >= 4 is 11.7 Å². The zero-order valence-corrected chi connectivity index (χ0v) is 11.9. The van der Waals surface area contributed by atoms with Gasteiger partial charge in [-0.05, 0) is 44.0 Å². The molecule has 0 bridgehead atoms. The molecule has 0 radical (unpaired) electrons. The van der Waals surface area contributed by atoms with E-state index in [-0.39, 0.29) is 12.6 Å². The second-order valence-corrected chi connectivity index (χ2v) is 4.78. The molecule has 0 unspecified atom stereocenters. The molecule has 110 valence electrons. The summed E-state index contributed by atoms with van der Waals surface area (Å²) >= 11 is 0. The summed E-state index contributed by atoms with van der Waals surface area (Å²) in [5.74, 6) is 0.269. The van der Waals surface area contributed by atoms with Crippen LogP contribution in [0, 0.1) is 0 Å². The Balaban J connectivity index is 1.73. The molecule has 1 aromatic carbocycles. The molecule has 1 fully saturated rings. The van der Waals surface area contributed by atoms with Gasteiger partial charge in [-0.15, -0.1) is 0 Å². The summed E-state index contributed by atoms with van der Waals surface area (Å²) < 4.78 is 15.3. The van der Waals surface area contributed by atoms with Crippen molar-refractivity contribution in [1.29, 1.82) is 0 Å². The second-order valence-electron chi connectivity index (χ2n) is 4.78. The molecule has 0 aromatic heterocycles. The monoisotopic (exact) mass is 279 g/mol. The summed E-state index contributed by atoms with van der Waals surface area (Å²) in [5, 5.41) is 3.44. The Morgan fingerprint density at radius 1 is 1.30 bits per heavy atom. The number of nitrogens with one attached hydrogen (secondary N) is 1. The average molecular weight is 279 g/mol. The van der Waals surface area contributed by atoms with Crippen LogP contribution in [-0.4, -0.2) is 38.4 Å². The topological polar surface area (TPSA) is 56.8 Å². The van der Waals surface area contributed by atoms with Crippen LogP contribution in [0.15, 0.2) is 24.3 Å². The summed E-state index contributed by atoms with van der Waals surface area (Å²) in [5.41, 5.74) is 1.05. The zero-order valence-electron chi connectivity index (χ0n) is 11.9. The minimum atomic E-state index is -0.386. The number of anilines is 1. The lowest BCUT2D eigenvalue weighted by Gasteiger charge is -2.36. The quantitative estimate of drug-likeness (QED) is 0.776. The number of carbonyl (C=O) groups is 1. The summed E-state index contributed by atoms with van der Waals surface area (Å²) in [7, 11) is 1.34. The lowest BCUT2D eigenvalue weighted by Crippen LogP contribution is -2.40. The highest BCUT2D eigenvalue weighted by Gasteiger charge is 2.29. The molecule has 20 heavy (non-hydrogen) atoms. The Morgan fingerprint density at radius 2 is 2.00 bits per heavy atom. The van der Waals surface area contributed by atoms with Crippen molar-refractivity contribution in [2.24, 2.45) is 0 Å². The number of ether oxygens (including phenoxy) is 3. The number of carbonyl (C=O) groups excluding carboxylic acids is 1. The molecule has 0 spiro atoms. The Kier molecular flexibility index (Phi) is 5.24. The predicted octanol–water partition coefficient (Wildman–Crippen LogP) is 2.22. The number of hydrogen-bond donors (Lipinski definition) is 1. The molecule has 1 N–H and O–H groups in total. The smallest absolute Gasteiger partial charge is 0.343 e. The van der Waals surface area contributed by atoms with Gasteiger partial charge in [0.15, 0.2) is 6.61 Å². The van der Waals surface area contributed by atoms with Gasteiger partial charge in [0.2, 0.25) is 0 Å². The van der Waals surface area contributed by atoms with Crippen LogP contribution in [0.2, 0.25) is 0 Å². The van der Waals surface area contributed by atoms with Gasteiger partial charge in [0.1, 0.15) is 5.75 Å². The highest BCUT2D eigenvalue weighted by atomic mass is 16.6. The van der Waals surface area contributed by atoms with Crippen molar-refractivity contribution in [3.8, 4) is 5.75 Å². The molecule has 0 amide bonds. The Bertz CT molecular complexity index is 426. The van der Waals surface area contributed by atoms with Crippen LogP contribution in [0.3, 0.4) is 0 Å². The van der Waals surface area contributed by atoms with Crippen LogP contribution in [0.4, 0.5) is 5.69 Å². The number of esters is 1. The maximum absolute atomic E-state index is 11.0. The number of methoxy groups -OCH3 is 1. The molecule has 0 aliphatic heterocycles. The van der Waals surface area contributed by atoms with Crippen molar-refractivity contribution in [2.45, 2.75) is 31.9 Å². The Hall–Kier alpha value is -1.75. The molecule has 0 heterocycles. The van der Waals surface area contributed by atoms with E-state index in [1.807, 2.05) is 31.2 Å². The average Bonchev–Trinajstić information content (AvgIpc) is 2.44. The lowest BCUT2D eigenvalue weighted by atomic mass is 9.89. The van der Waals surface area contributed by atoms with Crippen molar-refractivity contribution in [3.63, 3.8) is 0 Å². The summed E-state index contributed by atoms with van der Waals surface area (Å²) in [4.78, 5) is 11.0. The third-order valence-corrected chi connectivity index (χ3v) is 3.31. The summed E-state index contributed by atoms with van der Waals surface area (Å²) in [6, 6.07) is 8.04. The Labute approximate surface area is 119 Å². The van der Waals surface area contributed by atoms with Crippen molar-refractivity contribution < 1.29 is 19.0 Å². The van der Waals surface area contributed by atoms with Crippen LogP contribution in [0.1, 0.15) is 19.8 Å². The number of rotatable bonds is 7. The largest absolute Gasteiger partial charge is 0.482 e. The van der Waals surface area contributed by atoms with Crippen LogP contribution >= 0.6 is 0 Å². The first kappa shape index (κ1) is 14.7. The van der Waals surface area contributed by atoms with Crippen LogP contribution in [-0.2, 0) is 14.3 Å². The molecule has 1 aliphatic rings. The summed E-state index contributed by atoms with van der Waals surface area (Å²) in [6.45, 7) is 2.74. The van der Waals surface area contributed by atoms with Crippen LogP contribution in [0.5, 0.6) is 5.75 Å². The molecule has 5 nitrogen and oxygen atoms in total. The van der Waals surface area contributed by atoms with Crippen molar-refractivity contribution in [1.82, 2.24) is 0 Å². The van der Waals surface area contributed by atoms with Crippen LogP contribution in [0.25, 0.3) is 0 Å². The molecular formula is C15H21NO4. The van der Waals surface area contributed by atoms with Gasteiger partial charge in [0, 0.05) is 18.3 Å². The van der Waals surface area contributed by atoms with Crippen molar-refractivity contribution in [2.75, 3.05) is 25.6 Å². The first-order valence-corrected chi connectivity index (χ1v) is 6.89. The number of benzene rings is 1. The second kappa shape index (κ2) is 7.14. The zero-order chi connectivity index (χ0) is 14.4.